The molecule has 0 aliphatic carbocycles. The Morgan fingerprint density at radius 3 is 1.31 bits per heavy atom. The maximum atomic E-state index is 4.94. The van der Waals surface area contributed by atoms with Crippen LogP contribution in [0.15, 0.2) is 76.7 Å². The average Bonchev–Trinajstić information content (AvgIpc) is 2.73. The topological polar surface area (TPSA) is 37.6 Å². The van der Waals surface area contributed by atoms with Crippen LogP contribution >= 0.6 is 0 Å². The Balaban J connectivity index is 1.98. The molecule has 0 spiro atoms. The summed E-state index contributed by atoms with van der Waals surface area (Å²) in [7, 11) is 0. The van der Waals surface area contributed by atoms with Crippen molar-refractivity contribution in [2.75, 3.05) is 0 Å². The molecular formula is C29H35N3. The first-order valence-corrected chi connectivity index (χ1v) is 11.2. The van der Waals surface area contributed by atoms with Gasteiger partial charge in [0.05, 0.1) is 34.2 Å². The van der Waals surface area contributed by atoms with Gasteiger partial charge < -0.3 is 0 Å². The second kappa shape index (κ2) is 9.20. The zero-order valence-corrected chi connectivity index (χ0v) is 20.7. The van der Waals surface area contributed by atoms with Crippen LogP contribution in [0.3, 0.4) is 0 Å². The van der Waals surface area contributed by atoms with E-state index < -0.39 is 0 Å². The van der Waals surface area contributed by atoms with Crippen molar-refractivity contribution in [2.45, 2.75) is 66.2 Å². The number of rotatable bonds is 4. The van der Waals surface area contributed by atoms with Crippen molar-refractivity contribution in [3.05, 3.63) is 89.2 Å². The highest BCUT2D eigenvalue weighted by molar-refractivity contribution is 6.02. The van der Waals surface area contributed by atoms with Gasteiger partial charge in [-0.15, -0.1) is 0 Å². The van der Waals surface area contributed by atoms with Gasteiger partial charge in [0.1, 0.15) is 0 Å². The molecule has 2 aromatic carbocycles. The molecule has 0 unspecified atom stereocenters. The number of aliphatic imine (C=N–C) groups is 2. The first-order chi connectivity index (χ1) is 15.0. The summed E-state index contributed by atoms with van der Waals surface area (Å²) in [5.41, 5.74) is 8.02. The highest BCUT2D eigenvalue weighted by Gasteiger charge is 2.18. The fourth-order valence-electron chi connectivity index (χ4n) is 3.72. The number of aromatic nitrogens is 1. The van der Waals surface area contributed by atoms with Crippen molar-refractivity contribution < 1.29 is 0 Å². The van der Waals surface area contributed by atoms with Gasteiger partial charge in [0.25, 0.3) is 0 Å². The van der Waals surface area contributed by atoms with E-state index >= 15 is 0 Å². The molecule has 0 amide bonds. The lowest BCUT2D eigenvalue weighted by Crippen LogP contribution is -2.12. The van der Waals surface area contributed by atoms with E-state index in [0.29, 0.717) is 0 Å². The van der Waals surface area contributed by atoms with Gasteiger partial charge in [0, 0.05) is 0 Å². The van der Waals surface area contributed by atoms with Crippen LogP contribution in [0.25, 0.3) is 0 Å². The van der Waals surface area contributed by atoms with E-state index in [0.717, 1.165) is 34.2 Å². The molecule has 0 bridgehead atoms. The average molecular weight is 426 g/mol. The minimum absolute atomic E-state index is 0.0271. The van der Waals surface area contributed by atoms with Crippen LogP contribution in [0.4, 0.5) is 11.4 Å². The SMILES string of the molecule is C/C(=N\c1ccccc1C(C)(C)C)c1cccc(/C(C)=N/c2ccccc2C(C)(C)C)n1. The summed E-state index contributed by atoms with van der Waals surface area (Å²) >= 11 is 0. The van der Waals surface area contributed by atoms with E-state index in [1.807, 2.05) is 44.2 Å². The van der Waals surface area contributed by atoms with Crippen LogP contribution in [0.1, 0.15) is 77.9 Å². The summed E-state index contributed by atoms with van der Waals surface area (Å²) in [5, 5.41) is 0. The van der Waals surface area contributed by atoms with Crippen LogP contribution in [-0.4, -0.2) is 16.4 Å². The zero-order valence-electron chi connectivity index (χ0n) is 20.7. The highest BCUT2D eigenvalue weighted by atomic mass is 14.8. The quantitative estimate of drug-likeness (QED) is 0.391. The molecule has 1 aromatic heterocycles. The van der Waals surface area contributed by atoms with Gasteiger partial charge in [-0.05, 0) is 60.1 Å². The number of pyridine rings is 1. The Kier molecular flexibility index (Phi) is 6.78. The van der Waals surface area contributed by atoms with Crippen molar-refractivity contribution in [2.24, 2.45) is 9.98 Å². The van der Waals surface area contributed by atoms with Crippen LogP contribution < -0.4 is 0 Å². The summed E-state index contributed by atoms with van der Waals surface area (Å²) in [4.78, 5) is 14.8. The normalized spacial score (nSPS) is 13.4. The van der Waals surface area contributed by atoms with E-state index in [4.69, 9.17) is 15.0 Å². The molecule has 0 N–H and O–H groups in total. The Morgan fingerprint density at radius 1 is 0.562 bits per heavy atom. The van der Waals surface area contributed by atoms with Crippen LogP contribution in [0, 0.1) is 0 Å². The Hall–Kier alpha value is -3.07. The van der Waals surface area contributed by atoms with Crippen molar-refractivity contribution in [1.29, 1.82) is 0 Å². The predicted molar refractivity (Wildman–Crippen MR) is 138 cm³/mol. The lowest BCUT2D eigenvalue weighted by Gasteiger charge is -2.21. The fourth-order valence-corrected chi connectivity index (χ4v) is 3.72. The third-order valence-corrected chi connectivity index (χ3v) is 5.49. The lowest BCUT2D eigenvalue weighted by atomic mass is 9.86. The first kappa shape index (κ1) is 23.6. The van der Waals surface area contributed by atoms with Gasteiger partial charge in [0.15, 0.2) is 0 Å². The third-order valence-electron chi connectivity index (χ3n) is 5.49. The Morgan fingerprint density at radius 2 is 0.938 bits per heavy atom. The smallest absolute Gasteiger partial charge is 0.0849 e. The summed E-state index contributed by atoms with van der Waals surface area (Å²) < 4.78 is 0. The minimum Gasteiger partial charge on any atom is -0.251 e. The molecule has 0 aliphatic rings. The maximum Gasteiger partial charge on any atom is 0.0849 e. The van der Waals surface area contributed by atoms with Gasteiger partial charge in [-0.3, -0.25) is 9.98 Å². The van der Waals surface area contributed by atoms with Crippen molar-refractivity contribution in [3.63, 3.8) is 0 Å². The first-order valence-electron chi connectivity index (χ1n) is 11.2. The van der Waals surface area contributed by atoms with Gasteiger partial charge >= 0.3 is 0 Å². The molecule has 3 aromatic rings. The summed E-state index contributed by atoms with van der Waals surface area (Å²) in [6, 6.07) is 22.7. The molecule has 0 saturated heterocycles. The van der Waals surface area contributed by atoms with Crippen LogP contribution in [0.2, 0.25) is 0 Å². The number of hydrogen-bond donors (Lipinski definition) is 0. The summed E-state index contributed by atoms with van der Waals surface area (Å²) in [6.45, 7) is 17.3. The van der Waals surface area contributed by atoms with E-state index in [1.165, 1.54) is 11.1 Å². The second-order valence-electron chi connectivity index (χ2n) is 10.3. The van der Waals surface area contributed by atoms with Gasteiger partial charge in [-0.1, -0.05) is 84.0 Å². The molecule has 0 aliphatic heterocycles. The highest BCUT2D eigenvalue weighted by Crippen LogP contribution is 2.32. The summed E-state index contributed by atoms with van der Waals surface area (Å²) in [6.07, 6.45) is 0. The molecule has 32 heavy (non-hydrogen) atoms. The molecule has 0 atom stereocenters. The van der Waals surface area contributed by atoms with Crippen molar-refractivity contribution in [3.8, 4) is 0 Å². The molecule has 0 radical (unpaired) electrons. The lowest BCUT2D eigenvalue weighted by molar-refractivity contribution is 0.591. The van der Waals surface area contributed by atoms with Gasteiger partial charge in [0.2, 0.25) is 0 Å². The van der Waals surface area contributed by atoms with E-state index in [2.05, 4.69) is 77.9 Å². The minimum atomic E-state index is 0.0271. The molecule has 0 fully saturated rings. The van der Waals surface area contributed by atoms with Crippen molar-refractivity contribution >= 4 is 22.8 Å². The number of hydrogen-bond acceptors (Lipinski definition) is 3. The van der Waals surface area contributed by atoms with Gasteiger partial charge in [-0.2, -0.15) is 0 Å². The Bertz CT molecular complexity index is 1070. The maximum absolute atomic E-state index is 4.94. The monoisotopic (exact) mass is 425 g/mol. The molecule has 0 saturated carbocycles. The number of para-hydroxylation sites is 2. The van der Waals surface area contributed by atoms with Crippen molar-refractivity contribution in [1.82, 2.24) is 4.98 Å². The molecule has 3 rings (SSSR count). The third kappa shape index (κ3) is 5.59. The van der Waals surface area contributed by atoms with E-state index in [-0.39, 0.29) is 10.8 Å². The number of benzene rings is 2. The molecule has 1 heterocycles. The number of nitrogens with zero attached hydrogens (tertiary/aromatic N) is 3. The molecular weight excluding hydrogens is 390 g/mol. The molecule has 166 valence electrons. The van der Waals surface area contributed by atoms with Gasteiger partial charge in [-0.25, -0.2) is 4.98 Å². The van der Waals surface area contributed by atoms with Crippen LogP contribution in [0.5, 0.6) is 0 Å². The molecule has 3 nitrogen and oxygen atoms in total. The zero-order chi connectivity index (χ0) is 23.5. The second-order valence-corrected chi connectivity index (χ2v) is 10.3. The largest absolute Gasteiger partial charge is 0.251 e. The van der Waals surface area contributed by atoms with E-state index in [1.54, 1.807) is 0 Å². The summed E-state index contributed by atoms with van der Waals surface area (Å²) in [5.74, 6) is 0. The molecule has 3 heteroatoms. The predicted octanol–water partition coefficient (Wildman–Crippen LogP) is 7.96. The van der Waals surface area contributed by atoms with Crippen LogP contribution in [-0.2, 0) is 10.8 Å². The Labute approximate surface area is 193 Å². The standard InChI is InChI=1S/C29H35N3/c1-20(30-26-16-11-9-14-22(26)28(3,4)5)24-18-13-19-25(32-24)21(2)31-27-17-12-10-15-23(27)29(6,7)8/h9-19H,1-8H3/b30-20+,31-21+. The fraction of sp³-hybridized carbons (Fsp3) is 0.345. The van der Waals surface area contributed by atoms with E-state index in [9.17, 15) is 0 Å².